The van der Waals surface area contributed by atoms with Crippen LogP contribution in [0.1, 0.15) is 38.5 Å². The molecule has 1 aliphatic heterocycles. The van der Waals surface area contributed by atoms with Gasteiger partial charge in [0.25, 0.3) is 0 Å². The van der Waals surface area contributed by atoms with E-state index in [4.69, 9.17) is 11.6 Å². The highest BCUT2D eigenvalue weighted by Crippen LogP contribution is 2.28. The van der Waals surface area contributed by atoms with Crippen LogP contribution in [0.5, 0.6) is 0 Å². The summed E-state index contributed by atoms with van der Waals surface area (Å²) in [5.74, 6) is -0.217. The van der Waals surface area contributed by atoms with Crippen LogP contribution in [-0.4, -0.2) is 72.5 Å². The van der Waals surface area contributed by atoms with Crippen molar-refractivity contribution >= 4 is 34.5 Å². The van der Waals surface area contributed by atoms with Gasteiger partial charge in [-0.2, -0.15) is 5.10 Å². The number of carbonyl (C=O) groups is 1. The lowest BCUT2D eigenvalue weighted by Gasteiger charge is -2.33. The molecule has 2 fully saturated rings. The predicted octanol–water partition coefficient (Wildman–Crippen LogP) is 3.10. The number of aliphatic hydroxyl groups is 1. The van der Waals surface area contributed by atoms with Crippen molar-refractivity contribution in [1.82, 2.24) is 35.4 Å². The molecule has 3 atom stereocenters. The second-order valence-corrected chi connectivity index (χ2v) is 9.27. The number of urea groups is 1. The van der Waals surface area contributed by atoms with E-state index in [9.17, 15) is 14.3 Å². The lowest BCUT2D eigenvalue weighted by Crippen LogP contribution is -2.50. The number of rotatable bonds is 5. The zero-order chi connectivity index (χ0) is 23.7. The van der Waals surface area contributed by atoms with Gasteiger partial charge in [0.2, 0.25) is 0 Å². The minimum absolute atomic E-state index is 0.0227. The van der Waals surface area contributed by atoms with E-state index in [1.54, 1.807) is 11.0 Å². The first-order valence-corrected chi connectivity index (χ1v) is 11.9. The number of aromatic nitrogens is 5. The lowest BCUT2D eigenvalue weighted by molar-refractivity contribution is 0.152. The number of hydrogen-bond donors (Lipinski definition) is 4. The first-order valence-electron chi connectivity index (χ1n) is 11.5. The summed E-state index contributed by atoms with van der Waals surface area (Å²) >= 11 is 6.07. The Morgan fingerprint density at radius 1 is 1.24 bits per heavy atom. The average molecular weight is 489 g/mol. The molecule has 1 saturated carbocycles. The van der Waals surface area contributed by atoms with Gasteiger partial charge in [0.05, 0.1) is 29.3 Å². The summed E-state index contributed by atoms with van der Waals surface area (Å²) in [6.07, 6.45) is 7.57. The first-order chi connectivity index (χ1) is 16.5. The maximum absolute atomic E-state index is 14.6. The maximum Gasteiger partial charge on any atom is 0.317 e. The Morgan fingerprint density at radius 2 is 2.09 bits per heavy atom. The number of anilines is 1. The van der Waals surface area contributed by atoms with E-state index in [0.717, 1.165) is 38.3 Å². The van der Waals surface area contributed by atoms with E-state index in [2.05, 4.69) is 35.8 Å². The van der Waals surface area contributed by atoms with Crippen molar-refractivity contribution in [3.05, 3.63) is 29.3 Å². The molecule has 3 aromatic heterocycles. The highest BCUT2D eigenvalue weighted by Gasteiger charge is 2.31. The molecule has 4 heterocycles. The van der Waals surface area contributed by atoms with Gasteiger partial charge in [0.1, 0.15) is 5.69 Å². The third kappa shape index (κ3) is 4.62. The number of likely N-dealkylation sites (tertiary alicyclic amines) is 1. The van der Waals surface area contributed by atoms with Crippen molar-refractivity contribution in [2.45, 2.75) is 56.7 Å². The van der Waals surface area contributed by atoms with Crippen LogP contribution in [0.4, 0.5) is 15.0 Å². The fourth-order valence-corrected chi connectivity index (χ4v) is 4.98. The summed E-state index contributed by atoms with van der Waals surface area (Å²) in [6.45, 7) is 0.633. The second-order valence-electron chi connectivity index (χ2n) is 8.84. The van der Waals surface area contributed by atoms with E-state index in [1.165, 1.54) is 6.20 Å². The molecule has 1 aliphatic carbocycles. The van der Waals surface area contributed by atoms with Gasteiger partial charge in [-0.05, 0) is 44.6 Å². The van der Waals surface area contributed by atoms with E-state index in [1.807, 2.05) is 0 Å². The Hall–Kier alpha value is -3.05. The van der Waals surface area contributed by atoms with Crippen molar-refractivity contribution in [1.29, 1.82) is 0 Å². The summed E-state index contributed by atoms with van der Waals surface area (Å²) in [5, 5.41) is 23.9. The van der Waals surface area contributed by atoms with E-state index >= 15 is 0 Å². The summed E-state index contributed by atoms with van der Waals surface area (Å²) in [6, 6.07) is 1.35. The van der Waals surface area contributed by atoms with Crippen LogP contribution in [0.25, 0.3) is 22.6 Å². The van der Waals surface area contributed by atoms with Gasteiger partial charge < -0.3 is 20.6 Å². The number of aliphatic hydroxyl groups excluding tert-OH is 1. The van der Waals surface area contributed by atoms with Crippen LogP contribution in [0.15, 0.2) is 18.5 Å². The quantitative estimate of drug-likeness (QED) is 0.434. The van der Waals surface area contributed by atoms with Gasteiger partial charge in [0, 0.05) is 24.8 Å². The molecular weight excluding hydrogens is 463 g/mol. The second kappa shape index (κ2) is 9.67. The molecule has 0 radical (unpaired) electrons. The van der Waals surface area contributed by atoms with Gasteiger partial charge in [-0.3, -0.25) is 5.10 Å². The number of halogens is 2. The molecule has 4 N–H and O–H groups in total. The lowest BCUT2D eigenvalue weighted by atomic mass is 9.91. The Kier molecular flexibility index (Phi) is 6.46. The molecule has 0 bridgehead atoms. The highest BCUT2D eigenvalue weighted by molar-refractivity contribution is 6.31. The van der Waals surface area contributed by atoms with Crippen LogP contribution in [-0.2, 0) is 0 Å². The molecule has 0 spiro atoms. The molecule has 1 saturated heterocycles. The van der Waals surface area contributed by atoms with Crippen LogP contribution < -0.4 is 10.6 Å². The van der Waals surface area contributed by atoms with Crippen molar-refractivity contribution < 1.29 is 14.3 Å². The molecule has 2 amide bonds. The minimum Gasteiger partial charge on any atom is -0.394 e. The number of H-pyrrole nitrogens is 1. The summed E-state index contributed by atoms with van der Waals surface area (Å²) in [7, 11) is 0. The van der Waals surface area contributed by atoms with Gasteiger partial charge in [0.15, 0.2) is 23.1 Å². The fourth-order valence-electron chi connectivity index (χ4n) is 4.83. The highest BCUT2D eigenvalue weighted by atomic mass is 35.5. The number of amides is 2. The fraction of sp³-hybridized carbons (Fsp3) is 0.500. The first kappa shape index (κ1) is 22.7. The summed E-state index contributed by atoms with van der Waals surface area (Å²) in [5.41, 5.74) is 0.972. The summed E-state index contributed by atoms with van der Waals surface area (Å²) < 4.78 is 14.6. The Balaban J connectivity index is 1.28. The standard InChI is InChI=1S/C22H26ClFN8O2/c23-12-7-16-18(30-31-19(16)25-9-12)21-26-10-17(24)20(29-21)27-13-3-1-4-14(8-13)28-22(34)32-6-2-5-15(32)11-33/h7,9-10,13-15,33H,1-6,8,11H2,(H,28,34)(H,25,30,31)(H,26,27,29)/t13-,14+,15?/m0/s1. The molecular formula is C22H26ClFN8O2. The van der Waals surface area contributed by atoms with Crippen LogP contribution in [0.3, 0.4) is 0 Å². The largest absolute Gasteiger partial charge is 0.394 e. The van der Waals surface area contributed by atoms with Crippen molar-refractivity contribution in [3.63, 3.8) is 0 Å². The topological polar surface area (TPSA) is 132 Å². The van der Waals surface area contributed by atoms with Crippen LogP contribution >= 0.6 is 11.6 Å². The number of carbonyl (C=O) groups excluding carboxylic acids is 1. The van der Waals surface area contributed by atoms with Crippen LogP contribution in [0, 0.1) is 5.82 Å². The number of aromatic amines is 1. The average Bonchev–Trinajstić information content (AvgIpc) is 3.47. The SMILES string of the molecule is O=C(N[C@@H]1CCC[C@H](Nc2nc(-c3n[nH]c4ncc(Cl)cc34)ncc2F)C1)N1CCCC1CO. The van der Waals surface area contributed by atoms with Gasteiger partial charge in [-0.1, -0.05) is 11.6 Å². The normalized spacial score (nSPS) is 22.8. The third-order valence-corrected chi connectivity index (χ3v) is 6.74. The molecule has 1 unspecified atom stereocenters. The molecule has 5 rings (SSSR count). The minimum atomic E-state index is -0.561. The molecule has 2 aliphatic rings. The zero-order valence-corrected chi connectivity index (χ0v) is 19.2. The van der Waals surface area contributed by atoms with E-state index in [0.29, 0.717) is 34.7 Å². The smallest absolute Gasteiger partial charge is 0.317 e. The van der Waals surface area contributed by atoms with E-state index < -0.39 is 5.82 Å². The number of pyridine rings is 1. The molecule has 0 aromatic carbocycles. The third-order valence-electron chi connectivity index (χ3n) is 6.53. The molecule has 34 heavy (non-hydrogen) atoms. The Bertz CT molecular complexity index is 1190. The monoisotopic (exact) mass is 488 g/mol. The number of fused-ring (bicyclic) bond motifs is 1. The number of nitrogens with one attached hydrogen (secondary N) is 3. The number of hydrogen-bond acceptors (Lipinski definition) is 7. The Labute approximate surface area is 200 Å². The Morgan fingerprint density at radius 3 is 2.94 bits per heavy atom. The zero-order valence-electron chi connectivity index (χ0n) is 18.5. The van der Waals surface area contributed by atoms with Crippen molar-refractivity contribution in [3.8, 4) is 11.5 Å². The summed E-state index contributed by atoms with van der Waals surface area (Å²) in [4.78, 5) is 27.1. The number of nitrogens with zero attached hydrogens (tertiary/aromatic N) is 5. The molecule has 10 nitrogen and oxygen atoms in total. The van der Waals surface area contributed by atoms with E-state index in [-0.39, 0.29) is 42.4 Å². The van der Waals surface area contributed by atoms with Crippen molar-refractivity contribution in [2.24, 2.45) is 0 Å². The van der Waals surface area contributed by atoms with Gasteiger partial charge >= 0.3 is 6.03 Å². The van der Waals surface area contributed by atoms with Crippen molar-refractivity contribution in [2.75, 3.05) is 18.5 Å². The van der Waals surface area contributed by atoms with Gasteiger partial charge in [-0.25, -0.2) is 24.1 Å². The molecule has 3 aromatic rings. The van der Waals surface area contributed by atoms with Crippen LogP contribution in [0.2, 0.25) is 5.02 Å². The van der Waals surface area contributed by atoms with Gasteiger partial charge in [-0.15, -0.1) is 0 Å². The molecule has 12 heteroatoms. The molecule has 180 valence electrons. The predicted molar refractivity (Wildman–Crippen MR) is 125 cm³/mol. The maximum atomic E-state index is 14.6.